The van der Waals surface area contributed by atoms with Crippen LogP contribution in [0.2, 0.25) is 0 Å². The summed E-state index contributed by atoms with van der Waals surface area (Å²) in [7, 11) is 0. The van der Waals surface area contributed by atoms with Gasteiger partial charge in [-0.3, -0.25) is 0 Å². The highest BCUT2D eigenvalue weighted by molar-refractivity contribution is 5.15. The second kappa shape index (κ2) is 3.27. The standard InChI is InChI=1S/C9H12FNO/c10-9-5-11-3-1-8(9)7-2-4-12-6-7/h2,4,6,8-9,11H,1,3,5H2. The Labute approximate surface area is 70.8 Å². The molecule has 66 valence electrons. The number of hydrogen-bond donors (Lipinski definition) is 1. The Morgan fingerprint density at radius 1 is 1.58 bits per heavy atom. The number of piperidine rings is 1. The van der Waals surface area contributed by atoms with E-state index < -0.39 is 6.17 Å². The Bertz CT molecular complexity index is 235. The number of halogens is 1. The van der Waals surface area contributed by atoms with Crippen molar-refractivity contribution in [2.75, 3.05) is 13.1 Å². The predicted octanol–water partition coefficient (Wildman–Crippen LogP) is 1.69. The van der Waals surface area contributed by atoms with Crippen molar-refractivity contribution >= 4 is 0 Å². The summed E-state index contributed by atoms with van der Waals surface area (Å²) in [5.74, 6) is 0.0324. The summed E-state index contributed by atoms with van der Waals surface area (Å²) < 4.78 is 18.2. The van der Waals surface area contributed by atoms with Crippen LogP contribution in [0.3, 0.4) is 0 Å². The molecule has 2 nitrogen and oxygen atoms in total. The highest BCUT2D eigenvalue weighted by atomic mass is 19.1. The van der Waals surface area contributed by atoms with Crippen molar-refractivity contribution in [1.29, 1.82) is 0 Å². The van der Waals surface area contributed by atoms with Crippen LogP contribution < -0.4 is 5.32 Å². The first-order valence-electron chi connectivity index (χ1n) is 4.25. The van der Waals surface area contributed by atoms with Crippen molar-refractivity contribution in [3.63, 3.8) is 0 Å². The van der Waals surface area contributed by atoms with E-state index in [9.17, 15) is 4.39 Å². The lowest BCUT2D eigenvalue weighted by Gasteiger charge is -2.25. The van der Waals surface area contributed by atoms with Gasteiger partial charge in [0.05, 0.1) is 12.5 Å². The Balaban J connectivity index is 2.11. The molecule has 12 heavy (non-hydrogen) atoms. The summed E-state index contributed by atoms with van der Waals surface area (Å²) in [4.78, 5) is 0. The summed E-state index contributed by atoms with van der Waals surface area (Å²) in [5, 5.41) is 3.02. The van der Waals surface area contributed by atoms with Crippen LogP contribution in [0.4, 0.5) is 4.39 Å². The van der Waals surface area contributed by atoms with Crippen molar-refractivity contribution in [2.45, 2.75) is 18.5 Å². The van der Waals surface area contributed by atoms with E-state index in [0.717, 1.165) is 18.5 Å². The molecule has 1 aliphatic heterocycles. The monoisotopic (exact) mass is 169 g/mol. The van der Waals surface area contributed by atoms with Crippen LogP contribution in [0.15, 0.2) is 23.0 Å². The van der Waals surface area contributed by atoms with E-state index in [1.807, 2.05) is 6.07 Å². The molecule has 1 aromatic heterocycles. The largest absolute Gasteiger partial charge is 0.472 e. The Hall–Kier alpha value is -0.830. The number of rotatable bonds is 1. The van der Waals surface area contributed by atoms with Crippen LogP contribution in [-0.2, 0) is 0 Å². The summed E-state index contributed by atoms with van der Waals surface area (Å²) in [6.45, 7) is 1.37. The summed E-state index contributed by atoms with van der Waals surface area (Å²) >= 11 is 0. The highest BCUT2D eigenvalue weighted by Crippen LogP contribution is 2.27. The summed E-state index contributed by atoms with van der Waals surface area (Å²) in [5.41, 5.74) is 0.990. The fourth-order valence-electron chi connectivity index (χ4n) is 1.68. The van der Waals surface area contributed by atoms with Crippen LogP contribution in [-0.4, -0.2) is 19.3 Å². The van der Waals surface area contributed by atoms with Gasteiger partial charge in [0.1, 0.15) is 6.17 Å². The normalized spacial score (nSPS) is 30.4. The van der Waals surface area contributed by atoms with Crippen LogP contribution >= 0.6 is 0 Å². The van der Waals surface area contributed by atoms with Crippen molar-refractivity contribution < 1.29 is 8.81 Å². The molecule has 0 spiro atoms. The molecule has 2 atom stereocenters. The van der Waals surface area contributed by atoms with Crippen molar-refractivity contribution in [1.82, 2.24) is 5.32 Å². The molecule has 0 saturated carbocycles. The Kier molecular flexibility index (Phi) is 2.13. The van der Waals surface area contributed by atoms with Gasteiger partial charge in [-0.1, -0.05) is 0 Å². The first-order valence-corrected chi connectivity index (χ1v) is 4.25. The van der Waals surface area contributed by atoms with Gasteiger partial charge >= 0.3 is 0 Å². The van der Waals surface area contributed by atoms with Gasteiger partial charge in [-0.05, 0) is 24.6 Å². The van der Waals surface area contributed by atoms with Crippen LogP contribution in [0.25, 0.3) is 0 Å². The van der Waals surface area contributed by atoms with E-state index in [-0.39, 0.29) is 5.92 Å². The second-order valence-corrected chi connectivity index (χ2v) is 3.17. The Morgan fingerprint density at radius 3 is 3.17 bits per heavy atom. The van der Waals surface area contributed by atoms with E-state index in [2.05, 4.69) is 5.32 Å². The van der Waals surface area contributed by atoms with Crippen LogP contribution in [0.5, 0.6) is 0 Å². The number of furan rings is 1. The summed E-state index contributed by atoms with van der Waals surface area (Å²) in [6.07, 6.45) is 3.34. The smallest absolute Gasteiger partial charge is 0.119 e. The number of nitrogens with one attached hydrogen (secondary N) is 1. The van der Waals surface area contributed by atoms with E-state index in [0.29, 0.717) is 6.54 Å². The molecule has 0 radical (unpaired) electrons. The minimum atomic E-state index is -0.767. The zero-order valence-electron chi connectivity index (χ0n) is 6.79. The maximum Gasteiger partial charge on any atom is 0.119 e. The van der Waals surface area contributed by atoms with Gasteiger partial charge in [0.2, 0.25) is 0 Å². The Morgan fingerprint density at radius 2 is 2.50 bits per heavy atom. The molecule has 1 aromatic rings. The van der Waals surface area contributed by atoms with E-state index in [1.54, 1.807) is 12.5 Å². The molecule has 2 rings (SSSR count). The number of alkyl halides is 1. The number of hydrogen-bond acceptors (Lipinski definition) is 2. The van der Waals surface area contributed by atoms with Crippen LogP contribution in [0.1, 0.15) is 17.9 Å². The predicted molar refractivity (Wildman–Crippen MR) is 43.8 cm³/mol. The van der Waals surface area contributed by atoms with Gasteiger partial charge in [-0.15, -0.1) is 0 Å². The molecule has 2 unspecified atom stereocenters. The lowest BCUT2D eigenvalue weighted by molar-refractivity contribution is 0.230. The van der Waals surface area contributed by atoms with Crippen molar-refractivity contribution in [3.8, 4) is 0 Å². The molecular formula is C9H12FNO. The SMILES string of the molecule is FC1CNCCC1c1ccoc1. The third-order valence-electron chi connectivity index (χ3n) is 2.38. The fourth-order valence-corrected chi connectivity index (χ4v) is 1.68. The lowest BCUT2D eigenvalue weighted by Crippen LogP contribution is -2.36. The molecule has 0 aromatic carbocycles. The van der Waals surface area contributed by atoms with Gasteiger partial charge in [0, 0.05) is 12.5 Å². The zero-order valence-corrected chi connectivity index (χ0v) is 6.79. The third-order valence-corrected chi connectivity index (χ3v) is 2.38. The molecule has 0 aliphatic carbocycles. The summed E-state index contributed by atoms with van der Waals surface area (Å²) in [6, 6.07) is 1.85. The van der Waals surface area contributed by atoms with Gasteiger partial charge in [0.15, 0.2) is 0 Å². The minimum absolute atomic E-state index is 0.0324. The van der Waals surface area contributed by atoms with Crippen LogP contribution in [0, 0.1) is 0 Å². The average Bonchev–Trinajstić information content (AvgIpc) is 2.57. The van der Waals surface area contributed by atoms with Crippen molar-refractivity contribution in [3.05, 3.63) is 24.2 Å². The lowest BCUT2D eigenvalue weighted by atomic mass is 9.91. The zero-order chi connectivity index (χ0) is 8.39. The molecule has 1 saturated heterocycles. The van der Waals surface area contributed by atoms with Gasteiger partial charge in [-0.2, -0.15) is 0 Å². The maximum absolute atomic E-state index is 13.3. The van der Waals surface area contributed by atoms with Gasteiger partial charge < -0.3 is 9.73 Å². The minimum Gasteiger partial charge on any atom is -0.472 e. The van der Waals surface area contributed by atoms with E-state index in [1.165, 1.54) is 0 Å². The molecular weight excluding hydrogens is 157 g/mol. The molecule has 1 aliphatic rings. The first kappa shape index (κ1) is 7.80. The quantitative estimate of drug-likeness (QED) is 0.692. The second-order valence-electron chi connectivity index (χ2n) is 3.17. The molecule has 1 fully saturated rings. The topological polar surface area (TPSA) is 25.2 Å². The third kappa shape index (κ3) is 1.37. The molecule has 2 heterocycles. The highest BCUT2D eigenvalue weighted by Gasteiger charge is 2.26. The molecule has 0 amide bonds. The van der Waals surface area contributed by atoms with Gasteiger partial charge in [-0.25, -0.2) is 4.39 Å². The fraction of sp³-hybridized carbons (Fsp3) is 0.556. The van der Waals surface area contributed by atoms with Gasteiger partial charge in [0.25, 0.3) is 0 Å². The van der Waals surface area contributed by atoms with E-state index in [4.69, 9.17) is 4.42 Å². The first-order chi connectivity index (χ1) is 5.88. The molecule has 0 bridgehead atoms. The maximum atomic E-state index is 13.3. The molecule has 3 heteroatoms. The average molecular weight is 169 g/mol. The molecule has 1 N–H and O–H groups in total. The van der Waals surface area contributed by atoms with Crippen molar-refractivity contribution in [2.24, 2.45) is 0 Å². The van der Waals surface area contributed by atoms with E-state index >= 15 is 0 Å².